The van der Waals surface area contributed by atoms with Gasteiger partial charge in [-0.1, -0.05) is 13.0 Å². The molecule has 0 aliphatic heterocycles. The smallest absolute Gasteiger partial charge is 0.335 e. The molecule has 5 nitrogen and oxygen atoms in total. The molecule has 0 bridgehead atoms. The standard InChI is InChI=1S/C16H17NO4/c1-3-10-4-7-13(15(8-10)20-2)21-14-9-11(16(18)19)5-6-12(14)17/h4-9H,3,17H2,1-2H3,(H,18,19). The third-order valence-electron chi connectivity index (χ3n) is 3.12. The Balaban J connectivity index is 2.37. The summed E-state index contributed by atoms with van der Waals surface area (Å²) in [5, 5.41) is 9.01. The zero-order valence-corrected chi connectivity index (χ0v) is 11.9. The summed E-state index contributed by atoms with van der Waals surface area (Å²) in [6.45, 7) is 2.05. The number of hydrogen-bond donors (Lipinski definition) is 2. The van der Waals surface area contributed by atoms with Crippen LogP contribution in [0.5, 0.6) is 17.2 Å². The maximum Gasteiger partial charge on any atom is 0.335 e. The second-order valence-corrected chi connectivity index (χ2v) is 4.50. The van der Waals surface area contributed by atoms with Crippen molar-refractivity contribution < 1.29 is 19.4 Å². The van der Waals surface area contributed by atoms with Crippen LogP contribution < -0.4 is 15.2 Å². The van der Waals surface area contributed by atoms with Crippen molar-refractivity contribution in [2.75, 3.05) is 12.8 Å². The van der Waals surface area contributed by atoms with Crippen LogP contribution in [0, 0.1) is 0 Å². The van der Waals surface area contributed by atoms with Gasteiger partial charge in [0.1, 0.15) is 0 Å². The Morgan fingerprint density at radius 2 is 1.90 bits per heavy atom. The third-order valence-corrected chi connectivity index (χ3v) is 3.12. The van der Waals surface area contributed by atoms with Gasteiger partial charge in [0, 0.05) is 0 Å². The first kappa shape index (κ1) is 14.7. The van der Waals surface area contributed by atoms with Gasteiger partial charge in [-0.05, 0) is 42.3 Å². The van der Waals surface area contributed by atoms with E-state index in [0.29, 0.717) is 17.2 Å². The van der Waals surface area contributed by atoms with Crippen LogP contribution in [0.2, 0.25) is 0 Å². The van der Waals surface area contributed by atoms with E-state index in [1.807, 2.05) is 19.1 Å². The van der Waals surface area contributed by atoms with Crippen LogP contribution in [-0.4, -0.2) is 18.2 Å². The van der Waals surface area contributed by atoms with Gasteiger partial charge in [0.25, 0.3) is 0 Å². The number of carbonyl (C=O) groups is 1. The molecule has 0 fully saturated rings. The Hall–Kier alpha value is -2.69. The van der Waals surface area contributed by atoms with E-state index in [1.165, 1.54) is 18.2 Å². The number of rotatable bonds is 5. The van der Waals surface area contributed by atoms with Crippen LogP contribution in [0.4, 0.5) is 5.69 Å². The summed E-state index contributed by atoms with van der Waals surface area (Å²) in [7, 11) is 1.55. The molecule has 0 saturated carbocycles. The summed E-state index contributed by atoms with van der Waals surface area (Å²) in [6.07, 6.45) is 0.882. The predicted octanol–water partition coefficient (Wildman–Crippen LogP) is 3.33. The van der Waals surface area contributed by atoms with Crippen LogP contribution in [0.25, 0.3) is 0 Å². The van der Waals surface area contributed by atoms with Crippen molar-refractivity contribution in [1.82, 2.24) is 0 Å². The van der Waals surface area contributed by atoms with Crippen LogP contribution in [-0.2, 0) is 6.42 Å². The number of aryl methyl sites for hydroxylation is 1. The number of nitrogens with two attached hydrogens (primary N) is 1. The lowest BCUT2D eigenvalue weighted by atomic mass is 10.1. The highest BCUT2D eigenvalue weighted by atomic mass is 16.5. The SMILES string of the molecule is CCc1ccc(Oc2cc(C(=O)O)ccc2N)c(OC)c1. The van der Waals surface area contributed by atoms with Crippen molar-refractivity contribution in [3.8, 4) is 17.2 Å². The Morgan fingerprint density at radius 1 is 1.14 bits per heavy atom. The fourth-order valence-electron chi connectivity index (χ4n) is 1.89. The van der Waals surface area contributed by atoms with E-state index in [1.54, 1.807) is 13.2 Å². The zero-order chi connectivity index (χ0) is 15.4. The first-order valence-corrected chi connectivity index (χ1v) is 6.52. The lowest BCUT2D eigenvalue weighted by Gasteiger charge is -2.13. The van der Waals surface area contributed by atoms with Gasteiger partial charge in [-0.15, -0.1) is 0 Å². The molecule has 0 aromatic heterocycles. The predicted molar refractivity (Wildman–Crippen MR) is 80.3 cm³/mol. The van der Waals surface area contributed by atoms with E-state index in [2.05, 4.69) is 0 Å². The van der Waals surface area contributed by atoms with Crippen LogP contribution in [0.15, 0.2) is 36.4 Å². The zero-order valence-electron chi connectivity index (χ0n) is 11.9. The fraction of sp³-hybridized carbons (Fsp3) is 0.188. The molecule has 0 amide bonds. The summed E-state index contributed by atoms with van der Waals surface area (Å²) in [6, 6.07) is 9.92. The second-order valence-electron chi connectivity index (χ2n) is 4.50. The summed E-state index contributed by atoms with van der Waals surface area (Å²) < 4.78 is 11.0. The molecule has 2 aromatic carbocycles. The van der Waals surface area contributed by atoms with Gasteiger partial charge in [-0.3, -0.25) is 0 Å². The van der Waals surface area contributed by atoms with E-state index in [9.17, 15) is 4.79 Å². The highest BCUT2D eigenvalue weighted by molar-refractivity contribution is 5.89. The molecule has 0 saturated heterocycles. The van der Waals surface area contributed by atoms with Crippen molar-refractivity contribution >= 4 is 11.7 Å². The molecule has 0 spiro atoms. The highest BCUT2D eigenvalue weighted by Crippen LogP contribution is 2.35. The van der Waals surface area contributed by atoms with Gasteiger partial charge in [-0.2, -0.15) is 0 Å². The second kappa shape index (κ2) is 6.17. The van der Waals surface area contributed by atoms with Crippen molar-refractivity contribution in [3.05, 3.63) is 47.5 Å². The Bertz CT molecular complexity index is 667. The highest BCUT2D eigenvalue weighted by Gasteiger charge is 2.11. The molecule has 0 atom stereocenters. The molecule has 5 heteroatoms. The van der Waals surface area contributed by atoms with Crippen LogP contribution >= 0.6 is 0 Å². The van der Waals surface area contributed by atoms with E-state index < -0.39 is 5.97 Å². The van der Waals surface area contributed by atoms with Crippen molar-refractivity contribution in [2.45, 2.75) is 13.3 Å². The first-order chi connectivity index (χ1) is 10.0. The average molecular weight is 287 g/mol. The van der Waals surface area contributed by atoms with Crippen LogP contribution in [0.3, 0.4) is 0 Å². The Labute approximate surface area is 122 Å². The van der Waals surface area contributed by atoms with Crippen molar-refractivity contribution in [3.63, 3.8) is 0 Å². The molecule has 110 valence electrons. The van der Waals surface area contributed by atoms with Gasteiger partial charge in [0.05, 0.1) is 18.4 Å². The lowest BCUT2D eigenvalue weighted by molar-refractivity contribution is 0.0696. The van der Waals surface area contributed by atoms with E-state index in [-0.39, 0.29) is 11.3 Å². The minimum absolute atomic E-state index is 0.114. The number of ether oxygens (including phenoxy) is 2. The quantitative estimate of drug-likeness (QED) is 0.824. The van der Waals surface area contributed by atoms with Gasteiger partial charge in [0.2, 0.25) is 0 Å². The molecule has 0 radical (unpaired) electrons. The monoisotopic (exact) mass is 287 g/mol. The molecular formula is C16H17NO4. The minimum atomic E-state index is -1.03. The van der Waals surface area contributed by atoms with Crippen molar-refractivity contribution in [2.24, 2.45) is 0 Å². The van der Waals surface area contributed by atoms with Gasteiger partial charge < -0.3 is 20.3 Å². The molecular weight excluding hydrogens is 270 g/mol. The molecule has 0 aliphatic carbocycles. The summed E-state index contributed by atoms with van der Waals surface area (Å²) in [5.41, 5.74) is 7.42. The number of methoxy groups -OCH3 is 1. The number of carboxylic acids is 1. The number of benzene rings is 2. The lowest BCUT2D eigenvalue weighted by Crippen LogP contribution is -2.00. The van der Waals surface area contributed by atoms with E-state index >= 15 is 0 Å². The summed E-state index contributed by atoms with van der Waals surface area (Å²) >= 11 is 0. The largest absolute Gasteiger partial charge is 0.493 e. The number of anilines is 1. The Kier molecular flexibility index (Phi) is 4.33. The average Bonchev–Trinajstić information content (AvgIpc) is 2.49. The van der Waals surface area contributed by atoms with E-state index in [4.69, 9.17) is 20.3 Å². The van der Waals surface area contributed by atoms with Crippen molar-refractivity contribution in [1.29, 1.82) is 0 Å². The van der Waals surface area contributed by atoms with Gasteiger partial charge in [-0.25, -0.2) is 4.79 Å². The number of hydrogen-bond acceptors (Lipinski definition) is 4. The summed E-state index contributed by atoms with van der Waals surface area (Å²) in [4.78, 5) is 11.0. The Morgan fingerprint density at radius 3 is 2.52 bits per heavy atom. The first-order valence-electron chi connectivity index (χ1n) is 6.52. The maximum atomic E-state index is 11.0. The van der Waals surface area contributed by atoms with Crippen LogP contribution in [0.1, 0.15) is 22.8 Å². The fourth-order valence-corrected chi connectivity index (χ4v) is 1.89. The number of aromatic carboxylic acids is 1. The number of carboxylic acid groups (broad SMARTS) is 1. The number of nitrogen functional groups attached to an aromatic ring is 1. The molecule has 2 aromatic rings. The van der Waals surface area contributed by atoms with Gasteiger partial charge in [0.15, 0.2) is 17.2 Å². The molecule has 0 heterocycles. The molecule has 2 rings (SSSR count). The normalized spacial score (nSPS) is 10.2. The maximum absolute atomic E-state index is 11.0. The topological polar surface area (TPSA) is 81.8 Å². The molecule has 0 unspecified atom stereocenters. The van der Waals surface area contributed by atoms with Gasteiger partial charge >= 0.3 is 5.97 Å². The minimum Gasteiger partial charge on any atom is -0.493 e. The molecule has 3 N–H and O–H groups in total. The third kappa shape index (κ3) is 3.25. The molecule has 21 heavy (non-hydrogen) atoms. The summed E-state index contributed by atoms with van der Waals surface area (Å²) in [5.74, 6) is 0.323. The van der Waals surface area contributed by atoms with E-state index in [0.717, 1.165) is 12.0 Å². The molecule has 0 aliphatic rings.